The SMILES string of the molecule is Cc1cccc(C)c1N1C(=NC(=O)CCC2CCCC2)S[C@@H]2CS(=O)(=O)C[C@H]21. The Labute approximate surface area is 171 Å². The van der Waals surface area contributed by atoms with Gasteiger partial charge < -0.3 is 4.90 Å². The van der Waals surface area contributed by atoms with E-state index in [4.69, 9.17) is 0 Å². The second-order valence-electron chi connectivity index (χ2n) is 8.39. The van der Waals surface area contributed by atoms with Gasteiger partial charge in [-0.1, -0.05) is 55.6 Å². The van der Waals surface area contributed by atoms with Gasteiger partial charge in [0.15, 0.2) is 15.0 Å². The fraction of sp³-hybridized carbons (Fsp3) is 0.619. The predicted molar refractivity (Wildman–Crippen MR) is 116 cm³/mol. The highest BCUT2D eigenvalue weighted by Gasteiger charge is 2.49. The minimum Gasteiger partial charge on any atom is -0.315 e. The van der Waals surface area contributed by atoms with Crippen molar-refractivity contribution in [1.29, 1.82) is 0 Å². The molecule has 4 rings (SSSR count). The molecular weight excluding hydrogens is 392 g/mol. The molecule has 3 fully saturated rings. The second-order valence-corrected chi connectivity index (χ2v) is 11.7. The smallest absolute Gasteiger partial charge is 0.248 e. The first-order valence-corrected chi connectivity index (χ1v) is 12.9. The van der Waals surface area contributed by atoms with Crippen molar-refractivity contribution < 1.29 is 13.2 Å². The number of para-hydroxylation sites is 1. The number of nitrogens with zero attached hydrogens (tertiary/aromatic N) is 2. The molecule has 152 valence electrons. The lowest BCUT2D eigenvalue weighted by Gasteiger charge is -2.28. The van der Waals surface area contributed by atoms with Crippen molar-refractivity contribution in [3.63, 3.8) is 0 Å². The maximum Gasteiger partial charge on any atom is 0.248 e. The summed E-state index contributed by atoms with van der Waals surface area (Å²) in [7, 11) is -3.05. The molecule has 0 radical (unpaired) electrons. The summed E-state index contributed by atoms with van der Waals surface area (Å²) < 4.78 is 24.4. The van der Waals surface area contributed by atoms with Crippen molar-refractivity contribution in [3.8, 4) is 0 Å². The molecule has 1 aromatic carbocycles. The lowest BCUT2D eigenvalue weighted by atomic mass is 10.0. The third-order valence-electron chi connectivity index (χ3n) is 6.21. The maximum absolute atomic E-state index is 12.6. The van der Waals surface area contributed by atoms with E-state index in [1.165, 1.54) is 37.4 Å². The highest BCUT2D eigenvalue weighted by atomic mass is 32.2. The average Bonchev–Trinajstić information content (AvgIpc) is 3.29. The number of hydrogen-bond acceptors (Lipinski definition) is 4. The van der Waals surface area contributed by atoms with Crippen LogP contribution in [0.3, 0.4) is 0 Å². The highest BCUT2D eigenvalue weighted by molar-refractivity contribution is 8.16. The fourth-order valence-electron chi connectivity index (χ4n) is 4.80. The molecule has 0 spiro atoms. The summed E-state index contributed by atoms with van der Waals surface area (Å²) in [4.78, 5) is 19.1. The van der Waals surface area contributed by atoms with E-state index < -0.39 is 9.84 Å². The summed E-state index contributed by atoms with van der Waals surface area (Å²) in [6.45, 7) is 4.06. The fourth-order valence-corrected chi connectivity index (χ4v) is 8.72. The minimum absolute atomic E-state index is 0.0506. The van der Waals surface area contributed by atoms with Gasteiger partial charge in [0, 0.05) is 17.4 Å². The largest absolute Gasteiger partial charge is 0.315 e. The quantitative estimate of drug-likeness (QED) is 0.740. The molecule has 1 saturated carbocycles. The number of benzene rings is 1. The van der Waals surface area contributed by atoms with E-state index in [0.717, 1.165) is 23.2 Å². The number of carbonyl (C=O) groups is 1. The van der Waals surface area contributed by atoms with Gasteiger partial charge in [0.25, 0.3) is 0 Å². The highest BCUT2D eigenvalue weighted by Crippen LogP contribution is 2.43. The number of rotatable bonds is 4. The molecule has 0 aromatic heterocycles. The van der Waals surface area contributed by atoms with Gasteiger partial charge in [0.1, 0.15) is 0 Å². The summed E-state index contributed by atoms with van der Waals surface area (Å²) in [6.07, 6.45) is 6.43. The Balaban J connectivity index is 1.61. The summed E-state index contributed by atoms with van der Waals surface area (Å²) in [5.41, 5.74) is 3.16. The molecule has 2 aliphatic heterocycles. The van der Waals surface area contributed by atoms with E-state index in [1.54, 1.807) is 0 Å². The third kappa shape index (κ3) is 4.01. The third-order valence-corrected chi connectivity index (χ3v) is 9.42. The van der Waals surface area contributed by atoms with Crippen LogP contribution in [0.15, 0.2) is 23.2 Å². The van der Waals surface area contributed by atoms with Crippen LogP contribution < -0.4 is 4.90 Å². The number of sulfone groups is 1. The van der Waals surface area contributed by atoms with Crippen LogP contribution in [0.2, 0.25) is 0 Å². The first-order valence-electron chi connectivity index (χ1n) is 10.2. The molecule has 2 atom stereocenters. The maximum atomic E-state index is 12.6. The van der Waals surface area contributed by atoms with Crippen molar-refractivity contribution in [2.24, 2.45) is 10.9 Å². The van der Waals surface area contributed by atoms with E-state index >= 15 is 0 Å². The Morgan fingerprint density at radius 3 is 2.54 bits per heavy atom. The zero-order chi connectivity index (χ0) is 19.9. The van der Waals surface area contributed by atoms with Crippen LogP contribution in [-0.2, 0) is 14.6 Å². The van der Waals surface area contributed by atoms with Crippen LogP contribution in [0.25, 0.3) is 0 Å². The molecule has 0 N–H and O–H groups in total. The van der Waals surface area contributed by atoms with Crippen molar-refractivity contribution in [2.45, 2.75) is 63.7 Å². The zero-order valence-electron chi connectivity index (χ0n) is 16.6. The van der Waals surface area contributed by atoms with Gasteiger partial charge in [-0.2, -0.15) is 4.99 Å². The van der Waals surface area contributed by atoms with Crippen molar-refractivity contribution in [1.82, 2.24) is 0 Å². The molecule has 7 heteroatoms. The van der Waals surface area contributed by atoms with Gasteiger partial charge in [0.05, 0.1) is 17.5 Å². The summed E-state index contributed by atoms with van der Waals surface area (Å²) in [5.74, 6) is 0.889. The molecule has 1 aliphatic carbocycles. The topological polar surface area (TPSA) is 66.8 Å². The van der Waals surface area contributed by atoms with E-state index in [-0.39, 0.29) is 28.7 Å². The van der Waals surface area contributed by atoms with Gasteiger partial charge in [-0.15, -0.1) is 0 Å². The van der Waals surface area contributed by atoms with E-state index in [2.05, 4.69) is 4.99 Å². The lowest BCUT2D eigenvalue weighted by molar-refractivity contribution is -0.118. The molecule has 1 amide bonds. The standard InChI is InChI=1S/C21H28N2O3S2/c1-14-6-5-7-15(2)20(14)23-17-12-28(25,26)13-18(17)27-21(23)22-19(24)11-10-16-8-3-4-9-16/h5-7,16-18H,3-4,8-13H2,1-2H3/t17-,18-/m1/s1. The summed E-state index contributed by atoms with van der Waals surface area (Å²) in [5, 5.41) is 0.629. The minimum atomic E-state index is -3.05. The van der Waals surface area contributed by atoms with Gasteiger partial charge in [0.2, 0.25) is 5.91 Å². The first kappa shape index (κ1) is 20.0. The normalized spacial score (nSPS) is 28.2. The van der Waals surface area contributed by atoms with Crippen LogP contribution in [0, 0.1) is 19.8 Å². The molecule has 5 nitrogen and oxygen atoms in total. The molecular formula is C21H28N2O3S2. The van der Waals surface area contributed by atoms with Gasteiger partial charge in [-0.05, 0) is 37.3 Å². The number of carbonyl (C=O) groups excluding carboxylic acids is 1. The number of aryl methyl sites for hydroxylation is 2. The van der Waals surface area contributed by atoms with Crippen molar-refractivity contribution >= 4 is 38.4 Å². The van der Waals surface area contributed by atoms with E-state index in [0.29, 0.717) is 17.5 Å². The van der Waals surface area contributed by atoms with E-state index in [9.17, 15) is 13.2 Å². The van der Waals surface area contributed by atoms with Crippen LogP contribution >= 0.6 is 11.8 Å². The number of hydrogen-bond donors (Lipinski definition) is 0. The number of fused-ring (bicyclic) bond motifs is 1. The Morgan fingerprint density at radius 2 is 1.86 bits per heavy atom. The Bertz CT molecular complexity index is 884. The first-order chi connectivity index (χ1) is 13.3. The van der Waals surface area contributed by atoms with E-state index in [1.807, 2.05) is 36.9 Å². The molecule has 3 aliphatic rings. The molecule has 0 unspecified atom stereocenters. The van der Waals surface area contributed by atoms with Crippen molar-refractivity contribution in [2.75, 3.05) is 16.4 Å². The Hall–Kier alpha value is -1.34. The number of aliphatic imine (C=N–C) groups is 1. The van der Waals surface area contributed by atoms with Crippen LogP contribution in [0.1, 0.15) is 49.7 Å². The molecule has 0 bridgehead atoms. The van der Waals surface area contributed by atoms with Crippen LogP contribution in [0.4, 0.5) is 5.69 Å². The summed E-state index contributed by atoms with van der Waals surface area (Å²) >= 11 is 1.47. The Kier molecular flexibility index (Phi) is 5.58. The number of amidine groups is 1. The predicted octanol–water partition coefficient (Wildman–Crippen LogP) is 3.88. The molecule has 2 heterocycles. The Morgan fingerprint density at radius 1 is 1.18 bits per heavy atom. The van der Waals surface area contributed by atoms with Crippen molar-refractivity contribution in [3.05, 3.63) is 29.3 Å². The van der Waals surface area contributed by atoms with Crippen LogP contribution in [0.5, 0.6) is 0 Å². The number of thioether (sulfide) groups is 1. The second kappa shape index (κ2) is 7.82. The zero-order valence-corrected chi connectivity index (χ0v) is 18.2. The molecule has 2 saturated heterocycles. The van der Waals surface area contributed by atoms with Crippen LogP contribution in [-0.4, -0.2) is 42.3 Å². The number of amides is 1. The molecule has 28 heavy (non-hydrogen) atoms. The monoisotopic (exact) mass is 420 g/mol. The number of anilines is 1. The average molecular weight is 421 g/mol. The lowest BCUT2D eigenvalue weighted by Crippen LogP contribution is -2.38. The summed E-state index contributed by atoms with van der Waals surface area (Å²) in [6, 6.07) is 5.92. The van der Waals surface area contributed by atoms with Gasteiger partial charge in [-0.3, -0.25) is 4.79 Å². The van der Waals surface area contributed by atoms with Gasteiger partial charge in [-0.25, -0.2) is 8.42 Å². The molecule has 1 aromatic rings. The van der Waals surface area contributed by atoms with Gasteiger partial charge >= 0.3 is 0 Å².